The fourth-order valence-electron chi connectivity index (χ4n) is 5.15. The van der Waals surface area contributed by atoms with Gasteiger partial charge in [0.2, 0.25) is 5.82 Å². The Kier molecular flexibility index (Phi) is 5.31. The molecule has 6 rings (SSSR count). The van der Waals surface area contributed by atoms with Gasteiger partial charge in [-0.2, -0.15) is 0 Å². The van der Waals surface area contributed by atoms with Crippen LogP contribution in [-0.4, -0.2) is 58.2 Å². The number of amides is 1. The maximum atomic E-state index is 12.6. The van der Waals surface area contributed by atoms with Crippen molar-refractivity contribution in [3.8, 4) is 17.0 Å². The van der Waals surface area contributed by atoms with Crippen molar-refractivity contribution in [3.63, 3.8) is 0 Å². The molecule has 3 aromatic heterocycles. The molecule has 186 valence electrons. The molecule has 2 aromatic carbocycles. The fraction of sp³-hybridized carbons (Fsp3) is 0.214. The minimum Gasteiger partial charge on any atom is -0.496 e. The number of carbonyl (C=O) groups is 1. The van der Waals surface area contributed by atoms with Crippen LogP contribution in [0.5, 0.6) is 5.75 Å². The number of allylic oxidation sites excluding steroid dienone is 1. The number of pyridine rings is 1. The molecule has 1 aliphatic heterocycles. The van der Waals surface area contributed by atoms with Gasteiger partial charge in [-0.15, -0.1) is 5.06 Å². The fourth-order valence-corrected chi connectivity index (χ4v) is 5.15. The molecule has 0 saturated carbocycles. The predicted octanol–water partition coefficient (Wildman–Crippen LogP) is 4.69. The number of hydrogen-bond donors (Lipinski definition) is 2. The number of hydroxylamine groups is 2. The number of likely N-dealkylation sites (N-methyl/N-ethyl adjacent to an activating group) is 1. The molecule has 0 radical (unpaired) electrons. The number of para-hydroxylation sites is 1. The molecule has 0 aliphatic carbocycles. The number of H-pyrrole nitrogens is 1. The first-order valence-corrected chi connectivity index (χ1v) is 12.0. The van der Waals surface area contributed by atoms with Crippen molar-refractivity contribution in [3.05, 3.63) is 65.8 Å². The first kappa shape index (κ1) is 22.9. The first-order valence-electron chi connectivity index (χ1n) is 12.0. The average Bonchev–Trinajstić information content (AvgIpc) is 3.40. The third-order valence-corrected chi connectivity index (χ3v) is 7.02. The number of aromatic nitrogens is 4. The van der Waals surface area contributed by atoms with Crippen LogP contribution in [0.3, 0.4) is 0 Å². The molecular formula is C28H26N6O3. The summed E-state index contributed by atoms with van der Waals surface area (Å²) in [5, 5.41) is 7.11. The number of hydrogen-bond acceptors (Lipinski definition) is 7. The van der Waals surface area contributed by atoms with E-state index in [1.54, 1.807) is 20.4 Å². The Hall–Kier alpha value is -4.50. The average molecular weight is 495 g/mol. The molecular weight excluding hydrogens is 468 g/mol. The zero-order chi connectivity index (χ0) is 25.8. The smallest absolute Gasteiger partial charge is 0.288 e. The quantitative estimate of drug-likeness (QED) is 0.373. The number of nitrogens with zero attached hydrogens (tertiary/aromatic N) is 4. The molecule has 1 unspecified atom stereocenters. The van der Waals surface area contributed by atoms with Gasteiger partial charge in [-0.3, -0.25) is 9.78 Å². The van der Waals surface area contributed by atoms with Crippen LogP contribution >= 0.6 is 0 Å². The molecule has 0 spiro atoms. The summed E-state index contributed by atoms with van der Waals surface area (Å²) in [6.07, 6.45) is 1.76. The number of methoxy groups -OCH3 is 1. The first-order chi connectivity index (χ1) is 17.9. The minimum absolute atomic E-state index is 0.0501. The van der Waals surface area contributed by atoms with Crippen LogP contribution in [0.25, 0.3) is 49.7 Å². The van der Waals surface area contributed by atoms with E-state index < -0.39 is 0 Å². The summed E-state index contributed by atoms with van der Waals surface area (Å²) in [5.41, 5.74) is 5.77. The van der Waals surface area contributed by atoms with E-state index in [0.717, 1.165) is 55.4 Å². The predicted molar refractivity (Wildman–Crippen MR) is 143 cm³/mol. The molecule has 4 heterocycles. The molecule has 0 saturated heterocycles. The van der Waals surface area contributed by atoms with Gasteiger partial charge in [-0.25, -0.2) is 9.97 Å². The Labute approximate surface area is 213 Å². The molecule has 9 nitrogen and oxygen atoms in total. The lowest BCUT2D eigenvalue weighted by Gasteiger charge is -2.17. The molecule has 1 atom stereocenters. The molecule has 0 bridgehead atoms. The molecule has 2 N–H and O–H groups in total. The highest BCUT2D eigenvalue weighted by Crippen LogP contribution is 2.42. The number of aromatic amines is 1. The summed E-state index contributed by atoms with van der Waals surface area (Å²) >= 11 is 0. The van der Waals surface area contributed by atoms with Gasteiger partial charge in [0, 0.05) is 53.3 Å². The Bertz CT molecular complexity index is 1750. The summed E-state index contributed by atoms with van der Waals surface area (Å²) in [6, 6.07) is 13.9. The van der Waals surface area contributed by atoms with E-state index >= 15 is 0 Å². The maximum absolute atomic E-state index is 12.6. The van der Waals surface area contributed by atoms with E-state index in [1.807, 2.05) is 55.4 Å². The molecule has 1 amide bonds. The van der Waals surface area contributed by atoms with E-state index in [0.29, 0.717) is 11.3 Å². The van der Waals surface area contributed by atoms with E-state index in [9.17, 15) is 4.79 Å². The highest BCUT2D eigenvalue weighted by molar-refractivity contribution is 6.16. The number of carbonyl (C=O) groups excluding carboxylic acids is 1. The van der Waals surface area contributed by atoms with Gasteiger partial charge < -0.3 is 19.9 Å². The van der Waals surface area contributed by atoms with Crippen molar-refractivity contribution < 1.29 is 14.4 Å². The second kappa shape index (κ2) is 8.56. The van der Waals surface area contributed by atoms with Gasteiger partial charge in [0.1, 0.15) is 17.2 Å². The highest BCUT2D eigenvalue weighted by Gasteiger charge is 2.31. The van der Waals surface area contributed by atoms with Gasteiger partial charge in [0.25, 0.3) is 5.91 Å². The lowest BCUT2D eigenvalue weighted by Crippen LogP contribution is -2.23. The van der Waals surface area contributed by atoms with Gasteiger partial charge in [0.05, 0.1) is 29.7 Å². The van der Waals surface area contributed by atoms with Crippen LogP contribution in [-0.2, 0) is 4.84 Å². The summed E-state index contributed by atoms with van der Waals surface area (Å²) in [7, 11) is 5.14. The highest BCUT2D eigenvalue weighted by atomic mass is 16.7. The van der Waals surface area contributed by atoms with Crippen LogP contribution in [0.15, 0.2) is 54.4 Å². The Morgan fingerprint density at radius 3 is 2.68 bits per heavy atom. The largest absolute Gasteiger partial charge is 0.496 e. The SMILES string of the molecule is CNC(=O)c1nc(-c2ccnc3ccccc23)c2c(n1)[nH]c1cc(C3=C(C)ON(C)C3C)c(OC)cc12. The second-order valence-electron chi connectivity index (χ2n) is 9.08. The normalized spacial score (nSPS) is 16.1. The van der Waals surface area contributed by atoms with Gasteiger partial charge >= 0.3 is 0 Å². The van der Waals surface area contributed by atoms with Crippen LogP contribution in [0.1, 0.15) is 30.0 Å². The lowest BCUT2D eigenvalue weighted by molar-refractivity contribution is -0.0883. The van der Waals surface area contributed by atoms with Crippen molar-refractivity contribution in [1.29, 1.82) is 0 Å². The summed E-state index contributed by atoms with van der Waals surface area (Å²) in [4.78, 5) is 35.8. The Morgan fingerprint density at radius 2 is 1.95 bits per heavy atom. The van der Waals surface area contributed by atoms with Gasteiger partial charge in [0.15, 0.2) is 0 Å². The van der Waals surface area contributed by atoms with Crippen molar-refractivity contribution in [2.75, 3.05) is 21.2 Å². The van der Waals surface area contributed by atoms with Crippen LogP contribution in [0, 0.1) is 0 Å². The number of nitrogens with one attached hydrogen (secondary N) is 2. The van der Waals surface area contributed by atoms with E-state index in [1.165, 1.54) is 0 Å². The van der Waals surface area contributed by atoms with Gasteiger partial charge in [-0.1, -0.05) is 18.2 Å². The van der Waals surface area contributed by atoms with Crippen LogP contribution < -0.4 is 10.1 Å². The topological polar surface area (TPSA) is 105 Å². The monoisotopic (exact) mass is 494 g/mol. The molecule has 1 aliphatic rings. The number of rotatable bonds is 4. The summed E-state index contributed by atoms with van der Waals surface area (Å²) in [5.74, 6) is 1.27. The maximum Gasteiger partial charge on any atom is 0.288 e. The van der Waals surface area contributed by atoms with Crippen molar-refractivity contribution in [1.82, 2.24) is 30.3 Å². The number of ether oxygens (including phenoxy) is 1. The van der Waals surface area contributed by atoms with Crippen LogP contribution in [0.4, 0.5) is 0 Å². The zero-order valence-electron chi connectivity index (χ0n) is 21.2. The minimum atomic E-state index is -0.362. The standard InChI is InChI=1S/C28H26N6O3/c1-14-23(15(2)37-34(14)4)19-12-21-18(13-22(19)36-5)24-25(32-27(28(35)29-3)33-26(24)31-21)17-10-11-30-20-9-7-6-8-16(17)20/h6-14H,1-5H3,(H,29,35)(H,31,32,33). The van der Waals surface area contributed by atoms with Gasteiger partial charge in [-0.05, 0) is 38.1 Å². The lowest BCUT2D eigenvalue weighted by atomic mass is 9.96. The number of benzene rings is 2. The van der Waals surface area contributed by atoms with Crippen molar-refractivity contribution >= 4 is 44.3 Å². The van der Waals surface area contributed by atoms with Crippen LogP contribution in [0.2, 0.25) is 0 Å². The second-order valence-corrected chi connectivity index (χ2v) is 9.08. The third kappa shape index (κ3) is 3.50. The van der Waals surface area contributed by atoms with E-state index in [2.05, 4.69) is 33.3 Å². The van der Waals surface area contributed by atoms with Crippen molar-refractivity contribution in [2.24, 2.45) is 0 Å². The summed E-state index contributed by atoms with van der Waals surface area (Å²) in [6.45, 7) is 4.05. The zero-order valence-corrected chi connectivity index (χ0v) is 21.2. The third-order valence-electron chi connectivity index (χ3n) is 7.02. The van der Waals surface area contributed by atoms with Crippen molar-refractivity contribution in [2.45, 2.75) is 19.9 Å². The summed E-state index contributed by atoms with van der Waals surface area (Å²) < 4.78 is 5.87. The molecule has 5 aromatic rings. The Balaban J connectivity index is 1.70. The van der Waals surface area contributed by atoms with E-state index in [4.69, 9.17) is 14.6 Å². The molecule has 37 heavy (non-hydrogen) atoms. The van der Waals surface area contributed by atoms with E-state index in [-0.39, 0.29) is 17.8 Å². The molecule has 9 heteroatoms. The molecule has 0 fully saturated rings. The number of fused-ring (bicyclic) bond motifs is 4. The Morgan fingerprint density at radius 1 is 1.14 bits per heavy atom.